The summed E-state index contributed by atoms with van der Waals surface area (Å²) in [6, 6.07) is 9.48. The molecule has 0 saturated heterocycles. The Hall–Kier alpha value is -0.910. The molecule has 18 heavy (non-hydrogen) atoms. The molecule has 0 bridgehead atoms. The molecule has 0 radical (unpaired) electrons. The second kappa shape index (κ2) is 6.87. The van der Waals surface area contributed by atoms with Crippen molar-refractivity contribution >= 4 is 10.0 Å². The van der Waals surface area contributed by atoms with Crippen LogP contribution in [0.25, 0.3) is 0 Å². The van der Waals surface area contributed by atoms with Crippen LogP contribution < -0.4 is 10.5 Å². The van der Waals surface area contributed by atoms with E-state index in [0.717, 1.165) is 5.56 Å². The Labute approximate surface area is 110 Å². The number of benzene rings is 1. The Morgan fingerprint density at radius 2 is 1.83 bits per heavy atom. The first-order valence-corrected chi connectivity index (χ1v) is 7.84. The lowest BCUT2D eigenvalue weighted by Crippen LogP contribution is -2.41. The summed E-state index contributed by atoms with van der Waals surface area (Å²) in [4.78, 5) is 0. The van der Waals surface area contributed by atoms with Gasteiger partial charge in [0.25, 0.3) is 0 Å². The lowest BCUT2D eigenvalue weighted by molar-refractivity contribution is 0.453. The SMILES string of the molecule is CC(CN)C(C)NS(=O)(=O)CCc1ccccc1. The van der Waals surface area contributed by atoms with Crippen molar-refractivity contribution in [2.24, 2.45) is 11.7 Å². The standard InChI is InChI=1S/C13H22N2O2S/c1-11(10-14)12(2)15-18(16,17)9-8-13-6-4-3-5-7-13/h3-7,11-12,15H,8-10,14H2,1-2H3. The molecule has 0 aliphatic carbocycles. The first-order chi connectivity index (χ1) is 8.44. The summed E-state index contributed by atoms with van der Waals surface area (Å²) in [6.07, 6.45) is 0.528. The molecule has 0 saturated carbocycles. The Balaban J connectivity index is 2.50. The van der Waals surface area contributed by atoms with Crippen molar-refractivity contribution in [1.82, 2.24) is 4.72 Å². The van der Waals surface area contributed by atoms with Gasteiger partial charge in [-0.15, -0.1) is 0 Å². The minimum atomic E-state index is -3.24. The molecule has 2 unspecified atom stereocenters. The number of rotatable bonds is 7. The fraction of sp³-hybridized carbons (Fsp3) is 0.538. The van der Waals surface area contributed by atoms with Crippen molar-refractivity contribution in [3.05, 3.63) is 35.9 Å². The molecule has 0 aliphatic rings. The molecular weight excluding hydrogens is 248 g/mol. The highest BCUT2D eigenvalue weighted by atomic mass is 32.2. The maximum absolute atomic E-state index is 11.9. The van der Waals surface area contributed by atoms with Gasteiger partial charge in [0.1, 0.15) is 0 Å². The van der Waals surface area contributed by atoms with Gasteiger partial charge in [-0.05, 0) is 31.4 Å². The van der Waals surface area contributed by atoms with Crippen LogP contribution in [-0.4, -0.2) is 26.8 Å². The minimum Gasteiger partial charge on any atom is -0.330 e. The van der Waals surface area contributed by atoms with Crippen LogP contribution in [0.5, 0.6) is 0 Å². The second-order valence-corrected chi connectivity index (χ2v) is 6.55. The highest BCUT2D eigenvalue weighted by Gasteiger charge is 2.18. The zero-order chi connectivity index (χ0) is 13.6. The first-order valence-electron chi connectivity index (χ1n) is 6.18. The Morgan fingerprint density at radius 3 is 2.39 bits per heavy atom. The van der Waals surface area contributed by atoms with E-state index >= 15 is 0 Å². The number of hydrogen-bond donors (Lipinski definition) is 2. The molecule has 0 amide bonds. The van der Waals surface area contributed by atoms with E-state index in [1.807, 2.05) is 44.2 Å². The van der Waals surface area contributed by atoms with Crippen molar-refractivity contribution in [3.63, 3.8) is 0 Å². The largest absolute Gasteiger partial charge is 0.330 e. The molecule has 102 valence electrons. The molecule has 0 spiro atoms. The molecule has 0 aromatic heterocycles. The van der Waals surface area contributed by atoms with E-state index in [4.69, 9.17) is 5.73 Å². The van der Waals surface area contributed by atoms with Crippen LogP contribution in [0.2, 0.25) is 0 Å². The summed E-state index contributed by atoms with van der Waals surface area (Å²) >= 11 is 0. The Bertz CT molecular complexity index is 445. The van der Waals surface area contributed by atoms with Gasteiger partial charge in [-0.2, -0.15) is 0 Å². The van der Waals surface area contributed by atoms with E-state index in [0.29, 0.717) is 13.0 Å². The summed E-state index contributed by atoms with van der Waals surface area (Å²) in [6.45, 7) is 4.25. The maximum Gasteiger partial charge on any atom is 0.212 e. The van der Waals surface area contributed by atoms with Crippen LogP contribution in [0.15, 0.2) is 30.3 Å². The highest BCUT2D eigenvalue weighted by molar-refractivity contribution is 7.89. The third-order valence-electron chi connectivity index (χ3n) is 3.09. The fourth-order valence-electron chi connectivity index (χ4n) is 1.56. The zero-order valence-electron chi connectivity index (χ0n) is 11.0. The predicted octanol–water partition coefficient (Wildman–Crippen LogP) is 1.13. The number of nitrogens with two attached hydrogens (primary N) is 1. The summed E-state index contributed by atoms with van der Waals surface area (Å²) in [7, 11) is -3.24. The third kappa shape index (κ3) is 5.16. The van der Waals surface area contributed by atoms with Gasteiger partial charge in [-0.1, -0.05) is 37.3 Å². The van der Waals surface area contributed by atoms with Crippen LogP contribution in [0.4, 0.5) is 0 Å². The molecular formula is C13H22N2O2S. The monoisotopic (exact) mass is 270 g/mol. The fourth-order valence-corrected chi connectivity index (χ4v) is 2.98. The molecule has 3 N–H and O–H groups in total. The lowest BCUT2D eigenvalue weighted by atomic mass is 10.1. The summed E-state index contributed by atoms with van der Waals surface area (Å²) in [5, 5.41) is 0. The lowest BCUT2D eigenvalue weighted by Gasteiger charge is -2.19. The van der Waals surface area contributed by atoms with Crippen LogP contribution >= 0.6 is 0 Å². The van der Waals surface area contributed by atoms with Gasteiger partial charge in [-0.3, -0.25) is 0 Å². The Morgan fingerprint density at radius 1 is 1.22 bits per heavy atom. The quantitative estimate of drug-likeness (QED) is 0.780. The van der Waals surface area contributed by atoms with E-state index < -0.39 is 10.0 Å². The van der Waals surface area contributed by atoms with Crippen molar-refractivity contribution in [2.45, 2.75) is 26.3 Å². The molecule has 0 fully saturated rings. The Kier molecular flexibility index (Phi) is 5.78. The molecule has 0 aliphatic heterocycles. The van der Waals surface area contributed by atoms with Crippen molar-refractivity contribution < 1.29 is 8.42 Å². The van der Waals surface area contributed by atoms with Crippen LogP contribution in [0, 0.1) is 5.92 Å². The summed E-state index contributed by atoms with van der Waals surface area (Å²) in [5.41, 5.74) is 6.55. The van der Waals surface area contributed by atoms with Crippen LogP contribution in [0.1, 0.15) is 19.4 Å². The highest BCUT2D eigenvalue weighted by Crippen LogP contribution is 2.05. The summed E-state index contributed by atoms with van der Waals surface area (Å²) in [5.74, 6) is 0.245. The third-order valence-corrected chi connectivity index (χ3v) is 4.57. The zero-order valence-corrected chi connectivity index (χ0v) is 11.8. The smallest absolute Gasteiger partial charge is 0.212 e. The average molecular weight is 270 g/mol. The van der Waals surface area contributed by atoms with Crippen molar-refractivity contribution in [1.29, 1.82) is 0 Å². The normalized spacial score (nSPS) is 15.3. The van der Waals surface area contributed by atoms with Crippen molar-refractivity contribution in [3.8, 4) is 0 Å². The van der Waals surface area contributed by atoms with E-state index in [-0.39, 0.29) is 17.7 Å². The molecule has 2 atom stereocenters. The van der Waals surface area contributed by atoms with Gasteiger partial charge in [0.05, 0.1) is 5.75 Å². The molecule has 1 rings (SSSR count). The molecule has 1 aromatic rings. The number of sulfonamides is 1. The van der Waals surface area contributed by atoms with Gasteiger partial charge in [0.15, 0.2) is 0 Å². The second-order valence-electron chi connectivity index (χ2n) is 4.67. The van der Waals surface area contributed by atoms with Gasteiger partial charge in [-0.25, -0.2) is 13.1 Å². The van der Waals surface area contributed by atoms with E-state index in [2.05, 4.69) is 4.72 Å². The van der Waals surface area contributed by atoms with Gasteiger partial charge < -0.3 is 5.73 Å². The van der Waals surface area contributed by atoms with Crippen LogP contribution in [0.3, 0.4) is 0 Å². The molecule has 1 aromatic carbocycles. The average Bonchev–Trinajstić information content (AvgIpc) is 2.36. The first kappa shape index (κ1) is 15.1. The molecule has 0 heterocycles. The van der Waals surface area contributed by atoms with Gasteiger partial charge >= 0.3 is 0 Å². The number of aryl methyl sites for hydroxylation is 1. The van der Waals surface area contributed by atoms with E-state index in [1.165, 1.54) is 0 Å². The predicted molar refractivity (Wildman–Crippen MR) is 74.7 cm³/mol. The number of hydrogen-bond acceptors (Lipinski definition) is 3. The van der Waals surface area contributed by atoms with Gasteiger partial charge in [0.2, 0.25) is 10.0 Å². The molecule has 4 nitrogen and oxygen atoms in total. The van der Waals surface area contributed by atoms with Gasteiger partial charge in [0, 0.05) is 6.04 Å². The molecule has 5 heteroatoms. The topological polar surface area (TPSA) is 72.2 Å². The van der Waals surface area contributed by atoms with Crippen molar-refractivity contribution in [2.75, 3.05) is 12.3 Å². The number of nitrogens with one attached hydrogen (secondary N) is 1. The van der Waals surface area contributed by atoms with E-state index in [1.54, 1.807) is 0 Å². The minimum absolute atomic E-state index is 0.110. The van der Waals surface area contributed by atoms with Crippen LogP contribution in [-0.2, 0) is 16.4 Å². The maximum atomic E-state index is 11.9. The summed E-state index contributed by atoms with van der Waals surface area (Å²) < 4.78 is 26.4. The van der Waals surface area contributed by atoms with E-state index in [9.17, 15) is 8.42 Å².